The SMILES string of the molecule is Cc1ccc(N2C(=O)C(Cl)=C(Nc3cccc(C(=O)N4CCCC(C)C4)c3)C2=O)cc1C. The van der Waals surface area contributed by atoms with Crippen LogP contribution in [-0.2, 0) is 9.59 Å². The second-order valence-corrected chi connectivity index (χ2v) is 8.99. The smallest absolute Gasteiger partial charge is 0.283 e. The molecule has 1 fully saturated rings. The first-order valence-corrected chi connectivity index (χ1v) is 11.2. The first-order valence-electron chi connectivity index (χ1n) is 10.8. The lowest BCUT2D eigenvalue weighted by Crippen LogP contribution is -2.39. The molecule has 32 heavy (non-hydrogen) atoms. The molecule has 0 spiro atoms. The molecule has 3 amide bonds. The van der Waals surface area contributed by atoms with Gasteiger partial charge in [0.1, 0.15) is 10.7 Å². The zero-order valence-electron chi connectivity index (χ0n) is 18.4. The lowest BCUT2D eigenvalue weighted by molar-refractivity contribution is -0.120. The molecule has 1 unspecified atom stereocenters. The molecule has 0 radical (unpaired) electrons. The first kappa shape index (κ1) is 22.1. The number of benzene rings is 2. The molecule has 2 aromatic carbocycles. The fraction of sp³-hybridized carbons (Fsp3) is 0.320. The van der Waals surface area contributed by atoms with Gasteiger partial charge >= 0.3 is 0 Å². The van der Waals surface area contributed by atoms with Crippen molar-refractivity contribution >= 4 is 40.7 Å². The van der Waals surface area contributed by atoms with Crippen molar-refractivity contribution in [3.63, 3.8) is 0 Å². The third-order valence-corrected chi connectivity index (χ3v) is 6.45. The number of likely N-dealkylation sites (tertiary alicyclic amines) is 1. The molecule has 1 N–H and O–H groups in total. The predicted octanol–water partition coefficient (Wildman–Crippen LogP) is 4.61. The molecule has 2 aromatic rings. The zero-order valence-corrected chi connectivity index (χ0v) is 19.2. The van der Waals surface area contributed by atoms with Crippen molar-refractivity contribution in [2.24, 2.45) is 5.92 Å². The van der Waals surface area contributed by atoms with Crippen LogP contribution in [0.1, 0.15) is 41.3 Å². The van der Waals surface area contributed by atoms with Crippen LogP contribution in [0.25, 0.3) is 0 Å². The molecule has 0 saturated carbocycles. The summed E-state index contributed by atoms with van der Waals surface area (Å²) in [7, 11) is 0. The second-order valence-electron chi connectivity index (χ2n) is 8.61. The third-order valence-electron chi connectivity index (χ3n) is 6.10. The Morgan fingerprint density at radius 2 is 1.84 bits per heavy atom. The van der Waals surface area contributed by atoms with E-state index < -0.39 is 11.8 Å². The Balaban J connectivity index is 1.55. The molecule has 2 aliphatic heterocycles. The monoisotopic (exact) mass is 451 g/mol. The topological polar surface area (TPSA) is 69.7 Å². The van der Waals surface area contributed by atoms with E-state index in [0.717, 1.165) is 42.0 Å². The number of hydrogen-bond donors (Lipinski definition) is 1. The molecule has 4 rings (SSSR count). The van der Waals surface area contributed by atoms with Gasteiger partial charge in [-0.25, -0.2) is 4.90 Å². The Morgan fingerprint density at radius 3 is 2.56 bits per heavy atom. The third kappa shape index (κ3) is 4.15. The van der Waals surface area contributed by atoms with Gasteiger partial charge in [-0.05, 0) is 74.1 Å². The van der Waals surface area contributed by atoms with Crippen LogP contribution in [0.2, 0.25) is 0 Å². The van der Waals surface area contributed by atoms with Gasteiger partial charge in [0, 0.05) is 24.3 Å². The van der Waals surface area contributed by atoms with Crippen LogP contribution in [0.3, 0.4) is 0 Å². The summed E-state index contributed by atoms with van der Waals surface area (Å²) in [6.45, 7) is 7.52. The molecular formula is C25H26ClN3O3. The van der Waals surface area contributed by atoms with Gasteiger partial charge in [0.05, 0.1) is 5.69 Å². The van der Waals surface area contributed by atoms with Crippen molar-refractivity contribution in [3.8, 4) is 0 Å². The number of halogens is 1. The van der Waals surface area contributed by atoms with Gasteiger partial charge in [-0.2, -0.15) is 0 Å². The van der Waals surface area contributed by atoms with E-state index in [2.05, 4.69) is 12.2 Å². The summed E-state index contributed by atoms with van der Waals surface area (Å²) in [4.78, 5) is 41.7. The van der Waals surface area contributed by atoms with Crippen LogP contribution in [-0.4, -0.2) is 35.7 Å². The molecule has 2 aliphatic rings. The Labute approximate surface area is 192 Å². The molecule has 6 nitrogen and oxygen atoms in total. The molecule has 166 valence electrons. The maximum absolute atomic E-state index is 13.1. The molecule has 0 bridgehead atoms. The van der Waals surface area contributed by atoms with E-state index >= 15 is 0 Å². The van der Waals surface area contributed by atoms with E-state index in [-0.39, 0.29) is 16.6 Å². The van der Waals surface area contributed by atoms with Crippen molar-refractivity contribution in [2.45, 2.75) is 33.6 Å². The van der Waals surface area contributed by atoms with Crippen LogP contribution in [0.5, 0.6) is 0 Å². The molecular weight excluding hydrogens is 426 g/mol. The van der Waals surface area contributed by atoms with Crippen molar-refractivity contribution in [1.82, 2.24) is 4.90 Å². The average Bonchev–Trinajstić information content (AvgIpc) is 2.98. The Bertz CT molecular complexity index is 1140. The summed E-state index contributed by atoms with van der Waals surface area (Å²) in [5.74, 6) is -0.649. The van der Waals surface area contributed by atoms with Crippen LogP contribution in [0, 0.1) is 19.8 Å². The minimum absolute atomic E-state index is 0.00564. The zero-order chi connectivity index (χ0) is 23.0. The predicted molar refractivity (Wildman–Crippen MR) is 126 cm³/mol. The minimum Gasteiger partial charge on any atom is -0.350 e. The van der Waals surface area contributed by atoms with Gasteiger partial charge in [-0.1, -0.05) is 30.7 Å². The van der Waals surface area contributed by atoms with Gasteiger partial charge in [0.15, 0.2) is 0 Å². The van der Waals surface area contributed by atoms with Gasteiger partial charge in [0.2, 0.25) is 0 Å². The summed E-state index contributed by atoms with van der Waals surface area (Å²) in [5.41, 5.74) is 3.57. The number of aryl methyl sites for hydroxylation is 2. The number of hydrogen-bond acceptors (Lipinski definition) is 4. The highest BCUT2D eigenvalue weighted by molar-refractivity contribution is 6.53. The second kappa shape index (κ2) is 8.79. The van der Waals surface area contributed by atoms with E-state index in [0.29, 0.717) is 22.9 Å². The Morgan fingerprint density at radius 1 is 1.06 bits per heavy atom. The Hall–Kier alpha value is -3.12. The van der Waals surface area contributed by atoms with E-state index in [1.165, 1.54) is 0 Å². The number of rotatable bonds is 4. The van der Waals surface area contributed by atoms with E-state index in [4.69, 9.17) is 11.6 Å². The molecule has 1 atom stereocenters. The number of amides is 3. The van der Waals surface area contributed by atoms with Crippen molar-refractivity contribution in [3.05, 3.63) is 69.9 Å². The number of nitrogens with zero attached hydrogens (tertiary/aromatic N) is 2. The van der Waals surface area contributed by atoms with Crippen molar-refractivity contribution in [1.29, 1.82) is 0 Å². The van der Waals surface area contributed by atoms with Crippen LogP contribution >= 0.6 is 11.6 Å². The van der Waals surface area contributed by atoms with E-state index in [9.17, 15) is 14.4 Å². The molecule has 0 aliphatic carbocycles. The molecule has 2 heterocycles. The highest BCUT2D eigenvalue weighted by Crippen LogP contribution is 2.31. The maximum Gasteiger partial charge on any atom is 0.283 e. The highest BCUT2D eigenvalue weighted by atomic mass is 35.5. The quantitative estimate of drug-likeness (QED) is 0.689. The number of carbonyl (C=O) groups is 3. The van der Waals surface area contributed by atoms with Gasteiger partial charge < -0.3 is 10.2 Å². The standard InChI is InChI=1S/C25H26ClN3O3/c1-15-6-5-11-28(14-15)23(30)18-7-4-8-19(13-18)27-22-21(26)24(31)29(25(22)32)20-10-9-16(2)17(3)12-20/h4,7-10,12-13,15,27H,5-6,11,14H2,1-3H3. The van der Waals surface area contributed by atoms with Crippen LogP contribution in [0.4, 0.5) is 11.4 Å². The number of piperidine rings is 1. The number of carbonyl (C=O) groups excluding carboxylic acids is 3. The van der Waals surface area contributed by atoms with E-state index in [1.807, 2.05) is 24.8 Å². The molecule has 7 heteroatoms. The summed E-state index contributed by atoms with van der Waals surface area (Å²) < 4.78 is 0. The largest absolute Gasteiger partial charge is 0.350 e. The fourth-order valence-corrected chi connectivity index (χ4v) is 4.35. The Kier molecular flexibility index (Phi) is 6.07. The number of imide groups is 1. The molecule has 1 saturated heterocycles. The molecule has 0 aromatic heterocycles. The average molecular weight is 452 g/mol. The van der Waals surface area contributed by atoms with Gasteiger partial charge in [-0.3, -0.25) is 14.4 Å². The van der Waals surface area contributed by atoms with Crippen molar-refractivity contribution in [2.75, 3.05) is 23.3 Å². The lowest BCUT2D eigenvalue weighted by atomic mass is 9.99. The summed E-state index contributed by atoms with van der Waals surface area (Å²) in [6.07, 6.45) is 2.13. The maximum atomic E-state index is 13.1. The summed E-state index contributed by atoms with van der Waals surface area (Å²) in [6, 6.07) is 12.3. The van der Waals surface area contributed by atoms with Gasteiger partial charge in [0.25, 0.3) is 17.7 Å². The van der Waals surface area contributed by atoms with Crippen LogP contribution < -0.4 is 10.2 Å². The van der Waals surface area contributed by atoms with Crippen LogP contribution in [0.15, 0.2) is 53.2 Å². The highest BCUT2D eigenvalue weighted by Gasteiger charge is 2.39. The minimum atomic E-state index is -0.572. The van der Waals surface area contributed by atoms with E-state index in [1.54, 1.807) is 36.4 Å². The summed E-state index contributed by atoms with van der Waals surface area (Å²) in [5, 5.41) is 2.80. The number of anilines is 2. The normalized spacial score (nSPS) is 19.1. The number of nitrogens with one attached hydrogen (secondary N) is 1. The van der Waals surface area contributed by atoms with Crippen molar-refractivity contribution < 1.29 is 14.4 Å². The van der Waals surface area contributed by atoms with Gasteiger partial charge in [-0.15, -0.1) is 0 Å². The summed E-state index contributed by atoms with van der Waals surface area (Å²) >= 11 is 6.26. The first-order chi connectivity index (χ1) is 15.3. The lowest BCUT2D eigenvalue weighted by Gasteiger charge is -2.31. The fourth-order valence-electron chi connectivity index (χ4n) is 4.14.